The summed E-state index contributed by atoms with van der Waals surface area (Å²) in [6.45, 7) is 5.12. The van der Waals surface area contributed by atoms with Crippen molar-refractivity contribution in [2.75, 3.05) is 31.2 Å². The first-order valence-electron chi connectivity index (χ1n) is 8.28. The number of benzene rings is 1. The minimum Gasteiger partial charge on any atom is -0.378 e. The van der Waals surface area contributed by atoms with Gasteiger partial charge in [0, 0.05) is 30.5 Å². The number of anilines is 1. The molecule has 1 aromatic carbocycles. The lowest BCUT2D eigenvalue weighted by Crippen LogP contribution is -2.36. The van der Waals surface area contributed by atoms with Crippen molar-refractivity contribution in [3.05, 3.63) is 57.0 Å². The normalized spacial score (nSPS) is 15.6. The van der Waals surface area contributed by atoms with Gasteiger partial charge in [-0.15, -0.1) is 0 Å². The van der Waals surface area contributed by atoms with Crippen molar-refractivity contribution in [2.45, 2.75) is 6.92 Å². The van der Waals surface area contributed by atoms with E-state index in [9.17, 15) is 4.79 Å². The zero-order chi connectivity index (χ0) is 18.1. The maximum Gasteiger partial charge on any atom is 0.275 e. The van der Waals surface area contributed by atoms with Crippen LogP contribution in [0.5, 0.6) is 0 Å². The molecule has 0 bridgehead atoms. The summed E-state index contributed by atoms with van der Waals surface area (Å²) in [5, 5.41) is 5.33. The van der Waals surface area contributed by atoms with Gasteiger partial charge in [0.2, 0.25) is 4.96 Å². The Hall–Kier alpha value is -2.22. The molecular formula is C18H17ClN4O2S. The van der Waals surface area contributed by atoms with E-state index in [1.54, 1.807) is 6.92 Å². The molecule has 1 aliphatic rings. The van der Waals surface area contributed by atoms with Crippen molar-refractivity contribution >= 4 is 44.7 Å². The highest BCUT2D eigenvalue weighted by atomic mass is 35.5. The molecule has 0 unspecified atom stereocenters. The van der Waals surface area contributed by atoms with Crippen LogP contribution < -0.4 is 10.5 Å². The fourth-order valence-electron chi connectivity index (χ4n) is 2.83. The Morgan fingerprint density at radius 2 is 2.00 bits per heavy atom. The number of ether oxygens (including phenoxy) is 1. The van der Waals surface area contributed by atoms with Crippen molar-refractivity contribution in [1.82, 2.24) is 14.6 Å². The number of aromatic nitrogens is 3. The molecule has 8 heteroatoms. The van der Waals surface area contributed by atoms with Crippen LogP contribution in [0.1, 0.15) is 16.3 Å². The molecule has 1 aliphatic heterocycles. The van der Waals surface area contributed by atoms with E-state index in [2.05, 4.69) is 27.1 Å². The molecule has 0 radical (unpaired) electrons. The van der Waals surface area contributed by atoms with E-state index in [1.807, 2.05) is 18.2 Å². The van der Waals surface area contributed by atoms with Crippen molar-refractivity contribution in [3.63, 3.8) is 0 Å². The van der Waals surface area contributed by atoms with Crippen LogP contribution in [0.4, 0.5) is 5.69 Å². The predicted octanol–water partition coefficient (Wildman–Crippen LogP) is 3.03. The molecule has 1 fully saturated rings. The summed E-state index contributed by atoms with van der Waals surface area (Å²) >= 11 is 7.73. The lowest BCUT2D eigenvalue weighted by atomic mass is 10.1. The van der Waals surface area contributed by atoms with Crippen LogP contribution in [0.15, 0.2) is 35.1 Å². The Labute approximate surface area is 159 Å². The number of halogens is 1. The van der Waals surface area contributed by atoms with Crippen LogP contribution in [-0.4, -0.2) is 40.9 Å². The number of fused-ring (bicyclic) bond motifs is 1. The van der Waals surface area contributed by atoms with Crippen molar-refractivity contribution in [3.8, 4) is 0 Å². The summed E-state index contributed by atoms with van der Waals surface area (Å²) in [5.41, 5.74) is 2.62. The number of hydrogen-bond donors (Lipinski definition) is 0. The van der Waals surface area contributed by atoms with Gasteiger partial charge in [-0.05, 0) is 30.7 Å². The highest BCUT2D eigenvalue weighted by Crippen LogP contribution is 2.26. The molecule has 6 nitrogen and oxygen atoms in total. The van der Waals surface area contributed by atoms with Gasteiger partial charge in [0.15, 0.2) is 5.01 Å². The zero-order valence-electron chi connectivity index (χ0n) is 14.2. The van der Waals surface area contributed by atoms with Gasteiger partial charge in [0.1, 0.15) is 0 Å². The van der Waals surface area contributed by atoms with Crippen LogP contribution in [0.3, 0.4) is 0 Å². The summed E-state index contributed by atoms with van der Waals surface area (Å²) in [5.74, 6) is 0. The monoisotopic (exact) mass is 388 g/mol. The minimum atomic E-state index is -0.200. The van der Waals surface area contributed by atoms with E-state index in [1.165, 1.54) is 27.6 Å². The molecule has 4 rings (SSSR count). The standard InChI is InChI=1S/C18H17ClN4O2S/c1-12-10-16(24)23-18(20-12)26-17(21-23)15(19)11-13-2-4-14(5-3-13)22-6-8-25-9-7-22/h2-5,10-11H,6-9H2,1H3/b15-11-. The van der Waals surface area contributed by atoms with Crippen LogP contribution in [-0.2, 0) is 4.74 Å². The van der Waals surface area contributed by atoms with E-state index >= 15 is 0 Å². The van der Waals surface area contributed by atoms with Crippen LogP contribution in [0.2, 0.25) is 0 Å². The topological polar surface area (TPSA) is 59.7 Å². The van der Waals surface area contributed by atoms with Gasteiger partial charge in [-0.3, -0.25) is 4.79 Å². The summed E-state index contributed by atoms with van der Waals surface area (Å²) in [6.07, 6.45) is 1.85. The summed E-state index contributed by atoms with van der Waals surface area (Å²) in [7, 11) is 0. The van der Waals surface area contributed by atoms with Gasteiger partial charge < -0.3 is 9.64 Å². The SMILES string of the molecule is Cc1cc(=O)n2nc(/C(Cl)=C/c3ccc(N4CCOCC4)cc3)sc2n1. The second kappa shape index (κ2) is 7.19. The third-order valence-electron chi connectivity index (χ3n) is 4.14. The fraction of sp³-hybridized carbons (Fsp3) is 0.278. The third-order valence-corrected chi connectivity index (χ3v) is 5.48. The van der Waals surface area contributed by atoms with Crippen molar-refractivity contribution in [1.29, 1.82) is 0 Å². The molecule has 0 spiro atoms. The van der Waals surface area contributed by atoms with Gasteiger partial charge in [0.05, 0.1) is 18.2 Å². The molecule has 134 valence electrons. The molecular weight excluding hydrogens is 372 g/mol. The first-order valence-corrected chi connectivity index (χ1v) is 9.47. The molecule has 0 amide bonds. The molecule has 1 saturated heterocycles. The zero-order valence-corrected chi connectivity index (χ0v) is 15.8. The quantitative estimate of drug-likeness (QED) is 0.690. The molecule has 0 aliphatic carbocycles. The lowest BCUT2D eigenvalue weighted by molar-refractivity contribution is 0.122. The Morgan fingerprint density at radius 3 is 2.73 bits per heavy atom. The third kappa shape index (κ3) is 3.51. The average Bonchev–Trinajstić information content (AvgIpc) is 3.08. The van der Waals surface area contributed by atoms with Gasteiger partial charge in [-0.1, -0.05) is 35.1 Å². The second-order valence-electron chi connectivity index (χ2n) is 6.02. The maximum absolute atomic E-state index is 12.0. The van der Waals surface area contributed by atoms with Crippen LogP contribution in [0.25, 0.3) is 16.1 Å². The van der Waals surface area contributed by atoms with Crippen LogP contribution >= 0.6 is 22.9 Å². The first kappa shape index (κ1) is 17.2. The van der Waals surface area contributed by atoms with Crippen LogP contribution in [0, 0.1) is 6.92 Å². The van der Waals surface area contributed by atoms with E-state index in [4.69, 9.17) is 16.3 Å². The molecule has 0 N–H and O–H groups in total. The van der Waals surface area contributed by atoms with Crippen molar-refractivity contribution < 1.29 is 4.74 Å². The average molecular weight is 389 g/mol. The molecule has 3 heterocycles. The van der Waals surface area contributed by atoms with E-state index < -0.39 is 0 Å². The Kier molecular flexibility index (Phi) is 4.76. The van der Waals surface area contributed by atoms with Crippen molar-refractivity contribution in [2.24, 2.45) is 0 Å². The molecule has 26 heavy (non-hydrogen) atoms. The number of rotatable bonds is 3. The first-order chi connectivity index (χ1) is 12.6. The molecule has 3 aromatic rings. The number of morpholine rings is 1. The van der Waals surface area contributed by atoms with Gasteiger partial charge in [0.25, 0.3) is 5.56 Å². The summed E-state index contributed by atoms with van der Waals surface area (Å²) in [4.78, 5) is 19.1. The summed E-state index contributed by atoms with van der Waals surface area (Å²) < 4.78 is 6.67. The highest BCUT2D eigenvalue weighted by molar-refractivity contribution is 7.18. The predicted molar refractivity (Wildman–Crippen MR) is 105 cm³/mol. The number of hydrogen-bond acceptors (Lipinski definition) is 6. The lowest BCUT2D eigenvalue weighted by Gasteiger charge is -2.28. The van der Waals surface area contributed by atoms with E-state index in [-0.39, 0.29) is 5.56 Å². The highest BCUT2D eigenvalue weighted by Gasteiger charge is 2.12. The second-order valence-corrected chi connectivity index (χ2v) is 7.38. The fourth-order valence-corrected chi connectivity index (χ4v) is 3.97. The molecule has 0 saturated carbocycles. The minimum absolute atomic E-state index is 0.200. The Morgan fingerprint density at radius 1 is 1.27 bits per heavy atom. The Balaban J connectivity index is 1.59. The van der Waals surface area contributed by atoms with E-state index in [0.29, 0.717) is 20.7 Å². The maximum atomic E-state index is 12.0. The van der Waals surface area contributed by atoms with E-state index in [0.717, 1.165) is 31.9 Å². The Bertz CT molecular complexity index is 1020. The molecule has 2 aromatic heterocycles. The largest absolute Gasteiger partial charge is 0.378 e. The molecule has 0 atom stereocenters. The summed E-state index contributed by atoms with van der Waals surface area (Å²) in [6, 6.07) is 9.66. The van der Waals surface area contributed by atoms with Gasteiger partial charge in [-0.25, -0.2) is 4.98 Å². The number of aryl methyl sites for hydroxylation is 1. The van der Waals surface area contributed by atoms with Gasteiger partial charge >= 0.3 is 0 Å². The smallest absolute Gasteiger partial charge is 0.275 e. The van der Waals surface area contributed by atoms with Gasteiger partial charge in [-0.2, -0.15) is 9.61 Å². The number of nitrogens with zero attached hydrogens (tertiary/aromatic N) is 4.